The molecule has 0 atom stereocenters. The van der Waals surface area contributed by atoms with Gasteiger partial charge >= 0.3 is 0 Å². The van der Waals surface area contributed by atoms with Crippen LogP contribution in [0.4, 0.5) is 0 Å². The highest BCUT2D eigenvalue weighted by Gasteiger charge is 2.23. The fourth-order valence-electron chi connectivity index (χ4n) is 1.26. The van der Waals surface area contributed by atoms with Gasteiger partial charge < -0.3 is 0 Å². The molecule has 3 heteroatoms. The van der Waals surface area contributed by atoms with E-state index in [-0.39, 0.29) is 18.2 Å². The van der Waals surface area contributed by atoms with Crippen LogP contribution >= 0.6 is 0 Å². The van der Waals surface area contributed by atoms with Crippen LogP contribution in [0.3, 0.4) is 0 Å². The summed E-state index contributed by atoms with van der Waals surface area (Å²) in [4.78, 5) is 22.2. The van der Waals surface area contributed by atoms with Crippen LogP contribution in [0.25, 0.3) is 0 Å². The van der Waals surface area contributed by atoms with Crippen molar-refractivity contribution >= 4 is 11.8 Å². The molecule has 1 aliphatic rings. The van der Waals surface area contributed by atoms with Crippen molar-refractivity contribution in [1.29, 1.82) is 0 Å². The second-order valence-corrected chi connectivity index (χ2v) is 2.68. The maximum Gasteiger partial charge on any atom is 0.257 e. The number of rotatable bonds is 1. The van der Waals surface area contributed by atoms with Crippen molar-refractivity contribution in [3.63, 3.8) is 0 Å². The van der Waals surface area contributed by atoms with Crippen LogP contribution in [-0.4, -0.2) is 11.8 Å². The topological polar surface area (TPSA) is 46.2 Å². The zero-order chi connectivity index (χ0) is 9.84. The average Bonchev–Trinajstić information content (AvgIpc) is 2.04. The van der Waals surface area contributed by atoms with Crippen molar-refractivity contribution < 1.29 is 9.59 Å². The van der Waals surface area contributed by atoms with Gasteiger partial charge in [0, 0.05) is 5.57 Å². The van der Waals surface area contributed by atoms with Gasteiger partial charge in [-0.05, 0) is 12.5 Å². The van der Waals surface area contributed by atoms with Crippen LogP contribution in [0.15, 0.2) is 36.0 Å². The lowest BCUT2D eigenvalue weighted by atomic mass is 9.97. The molecule has 2 amide bonds. The molecule has 0 saturated carbocycles. The van der Waals surface area contributed by atoms with E-state index in [1.54, 1.807) is 25.2 Å². The smallest absolute Gasteiger partial charge is 0.257 e. The zero-order valence-corrected chi connectivity index (χ0v) is 7.46. The summed E-state index contributed by atoms with van der Waals surface area (Å²) in [7, 11) is 0. The van der Waals surface area contributed by atoms with Gasteiger partial charge in [0.2, 0.25) is 5.91 Å². The molecule has 3 nitrogen and oxygen atoms in total. The highest BCUT2D eigenvalue weighted by atomic mass is 16.2. The van der Waals surface area contributed by atoms with Crippen LogP contribution in [0.5, 0.6) is 0 Å². The van der Waals surface area contributed by atoms with Crippen molar-refractivity contribution in [2.45, 2.75) is 13.3 Å². The van der Waals surface area contributed by atoms with Crippen molar-refractivity contribution in [2.24, 2.45) is 0 Å². The van der Waals surface area contributed by atoms with Crippen LogP contribution in [0, 0.1) is 0 Å². The molecular formula is C10H11NO2. The number of carbonyl (C=O) groups is 2. The molecule has 0 aromatic heterocycles. The molecule has 0 unspecified atom stereocenters. The van der Waals surface area contributed by atoms with Crippen molar-refractivity contribution in [2.75, 3.05) is 0 Å². The predicted octanol–water partition coefficient (Wildman–Crippen LogP) is 1.09. The maximum absolute atomic E-state index is 11.2. The molecular weight excluding hydrogens is 166 g/mol. The van der Waals surface area contributed by atoms with E-state index < -0.39 is 0 Å². The summed E-state index contributed by atoms with van der Waals surface area (Å²) in [5, 5.41) is 2.25. The molecule has 1 saturated heterocycles. The Hall–Kier alpha value is -1.64. The number of hydrogen-bond donors (Lipinski definition) is 1. The number of allylic oxidation sites excluding steroid dienone is 3. The second-order valence-electron chi connectivity index (χ2n) is 2.68. The summed E-state index contributed by atoms with van der Waals surface area (Å²) in [6, 6.07) is 0. The van der Waals surface area contributed by atoms with Crippen molar-refractivity contribution in [3.05, 3.63) is 36.0 Å². The van der Waals surface area contributed by atoms with E-state index in [4.69, 9.17) is 0 Å². The Balaban J connectivity index is 3.05. The molecule has 0 aliphatic carbocycles. The summed E-state index contributed by atoms with van der Waals surface area (Å²) >= 11 is 0. The largest absolute Gasteiger partial charge is 0.292 e. The molecule has 68 valence electrons. The lowest BCUT2D eigenvalue weighted by Crippen LogP contribution is -2.37. The lowest BCUT2D eigenvalue weighted by Gasteiger charge is -2.16. The number of carbonyl (C=O) groups excluding carboxylic acids is 2. The predicted molar refractivity (Wildman–Crippen MR) is 49.8 cm³/mol. The van der Waals surface area contributed by atoms with E-state index in [1.165, 1.54) is 0 Å². The Kier molecular flexibility index (Phi) is 2.80. The first-order chi connectivity index (χ1) is 6.19. The quantitative estimate of drug-likeness (QED) is 0.481. The minimum absolute atomic E-state index is 0.247. The van der Waals surface area contributed by atoms with Gasteiger partial charge in [-0.1, -0.05) is 24.8 Å². The van der Waals surface area contributed by atoms with E-state index >= 15 is 0 Å². The molecule has 0 bridgehead atoms. The SMILES string of the molecule is C=C/C=C1/CC(=O)NC(=O)/C1=C/C. The molecule has 1 heterocycles. The molecule has 1 aliphatic heterocycles. The Bertz CT molecular complexity index is 324. The fraction of sp³-hybridized carbons (Fsp3) is 0.200. The van der Waals surface area contributed by atoms with E-state index in [2.05, 4.69) is 11.9 Å². The Morgan fingerprint density at radius 3 is 2.69 bits per heavy atom. The first-order valence-electron chi connectivity index (χ1n) is 4.01. The lowest BCUT2D eigenvalue weighted by molar-refractivity contribution is -0.129. The Morgan fingerprint density at radius 2 is 2.15 bits per heavy atom. The van der Waals surface area contributed by atoms with E-state index in [9.17, 15) is 9.59 Å². The van der Waals surface area contributed by atoms with E-state index in [0.29, 0.717) is 5.57 Å². The standard InChI is InChI=1S/C10H11NO2/c1-3-5-7-6-9(12)11-10(13)8(7)4-2/h3-5H,1,6H2,2H3,(H,11,12,13)/b7-5-,8-4+. The highest BCUT2D eigenvalue weighted by Crippen LogP contribution is 2.18. The fourth-order valence-corrected chi connectivity index (χ4v) is 1.26. The molecule has 1 fully saturated rings. The van der Waals surface area contributed by atoms with Crippen LogP contribution in [0.1, 0.15) is 13.3 Å². The number of piperidine rings is 1. The van der Waals surface area contributed by atoms with Crippen molar-refractivity contribution in [3.8, 4) is 0 Å². The first kappa shape index (κ1) is 9.45. The zero-order valence-electron chi connectivity index (χ0n) is 7.46. The van der Waals surface area contributed by atoms with Gasteiger partial charge in [-0.3, -0.25) is 14.9 Å². The molecule has 0 radical (unpaired) electrons. The number of amides is 2. The average molecular weight is 177 g/mol. The molecule has 13 heavy (non-hydrogen) atoms. The van der Waals surface area contributed by atoms with Gasteiger partial charge in [0.25, 0.3) is 5.91 Å². The molecule has 1 N–H and O–H groups in total. The molecule has 0 aromatic carbocycles. The summed E-state index contributed by atoms with van der Waals surface area (Å²) < 4.78 is 0. The van der Waals surface area contributed by atoms with Gasteiger partial charge in [0.05, 0.1) is 6.42 Å². The minimum atomic E-state index is -0.327. The summed E-state index contributed by atoms with van der Waals surface area (Å²) in [6.45, 7) is 5.29. The van der Waals surface area contributed by atoms with Gasteiger partial charge in [-0.25, -0.2) is 0 Å². The van der Waals surface area contributed by atoms with E-state index in [0.717, 1.165) is 5.57 Å². The summed E-state index contributed by atoms with van der Waals surface area (Å²) in [5.74, 6) is -0.587. The normalized spacial score (nSPS) is 23.5. The number of imide groups is 1. The van der Waals surface area contributed by atoms with Gasteiger partial charge in [0.1, 0.15) is 0 Å². The summed E-state index contributed by atoms with van der Waals surface area (Å²) in [5.41, 5.74) is 1.28. The van der Waals surface area contributed by atoms with Gasteiger partial charge in [-0.15, -0.1) is 0 Å². The molecule has 0 aromatic rings. The monoisotopic (exact) mass is 177 g/mol. The molecule has 0 spiro atoms. The minimum Gasteiger partial charge on any atom is -0.292 e. The van der Waals surface area contributed by atoms with E-state index in [1.807, 2.05) is 0 Å². The Labute approximate surface area is 76.8 Å². The highest BCUT2D eigenvalue weighted by molar-refractivity contribution is 6.11. The number of hydrogen-bond acceptors (Lipinski definition) is 2. The van der Waals surface area contributed by atoms with Gasteiger partial charge in [-0.2, -0.15) is 0 Å². The number of nitrogens with one attached hydrogen (secondary N) is 1. The Morgan fingerprint density at radius 1 is 1.46 bits per heavy atom. The van der Waals surface area contributed by atoms with Crippen molar-refractivity contribution in [1.82, 2.24) is 5.32 Å². The first-order valence-corrected chi connectivity index (χ1v) is 4.01. The van der Waals surface area contributed by atoms with Gasteiger partial charge in [0.15, 0.2) is 0 Å². The third kappa shape index (κ3) is 1.93. The maximum atomic E-state index is 11.2. The summed E-state index contributed by atoms with van der Waals surface area (Å²) in [6.07, 6.45) is 5.20. The van der Waals surface area contributed by atoms with Crippen LogP contribution in [0.2, 0.25) is 0 Å². The third-order valence-corrected chi connectivity index (χ3v) is 1.80. The van der Waals surface area contributed by atoms with Crippen LogP contribution < -0.4 is 5.32 Å². The second kappa shape index (κ2) is 3.85. The van der Waals surface area contributed by atoms with Crippen LogP contribution in [-0.2, 0) is 9.59 Å². The molecule has 1 rings (SSSR count). The third-order valence-electron chi connectivity index (χ3n) is 1.80.